The second-order valence-corrected chi connectivity index (χ2v) is 9.02. The molecule has 24 heavy (non-hydrogen) atoms. The summed E-state index contributed by atoms with van der Waals surface area (Å²) in [5.74, 6) is 0.622. The molecule has 7 heteroatoms. The van der Waals surface area contributed by atoms with Crippen molar-refractivity contribution in [3.63, 3.8) is 0 Å². The van der Waals surface area contributed by atoms with E-state index in [1.54, 1.807) is 31.4 Å². The second kappa shape index (κ2) is 7.11. The number of nitrogens with one attached hydrogen (secondary N) is 1. The molecule has 134 valence electrons. The maximum absolute atomic E-state index is 12.7. The standard InChI is InChI=1S/C17H26N2O4S/c1-17(2,3)16(20)18-13-9-11-19(12-10-13)24(21,22)15-7-5-14(23-4)6-8-15/h5-8,13H,9-12H2,1-4H3,(H,18,20). The second-order valence-electron chi connectivity index (χ2n) is 7.08. The molecule has 1 heterocycles. The predicted molar refractivity (Wildman–Crippen MR) is 92.4 cm³/mol. The number of ether oxygens (including phenoxy) is 1. The van der Waals surface area contributed by atoms with Crippen LogP contribution in [-0.4, -0.2) is 44.9 Å². The highest BCUT2D eigenvalue weighted by Gasteiger charge is 2.31. The van der Waals surface area contributed by atoms with Crippen molar-refractivity contribution in [1.82, 2.24) is 9.62 Å². The number of amides is 1. The average Bonchev–Trinajstić information content (AvgIpc) is 2.54. The van der Waals surface area contributed by atoms with Gasteiger partial charge in [0.05, 0.1) is 12.0 Å². The van der Waals surface area contributed by atoms with Gasteiger partial charge in [-0.2, -0.15) is 4.31 Å². The Morgan fingerprint density at radius 3 is 2.17 bits per heavy atom. The quantitative estimate of drug-likeness (QED) is 0.897. The first-order chi connectivity index (χ1) is 11.1. The van der Waals surface area contributed by atoms with Crippen molar-refractivity contribution in [1.29, 1.82) is 0 Å². The van der Waals surface area contributed by atoms with E-state index in [4.69, 9.17) is 4.74 Å². The Bertz CT molecular complexity index is 670. The van der Waals surface area contributed by atoms with Gasteiger partial charge in [-0.1, -0.05) is 20.8 Å². The van der Waals surface area contributed by atoms with Crippen LogP contribution in [0.15, 0.2) is 29.2 Å². The lowest BCUT2D eigenvalue weighted by Crippen LogP contribution is -2.48. The molecular formula is C17H26N2O4S. The molecule has 0 saturated carbocycles. The van der Waals surface area contributed by atoms with Crippen LogP contribution in [0.25, 0.3) is 0 Å². The van der Waals surface area contributed by atoms with Crippen LogP contribution < -0.4 is 10.1 Å². The van der Waals surface area contributed by atoms with Crippen LogP contribution in [-0.2, 0) is 14.8 Å². The van der Waals surface area contributed by atoms with Crippen molar-refractivity contribution >= 4 is 15.9 Å². The minimum absolute atomic E-state index is 0.000962. The van der Waals surface area contributed by atoms with Gasteiger partial charge in [-0.05, 0) is 37.1 Å². The summed E-state index contributed by atoms with van der Waals surface area (Å²) in [5.41, 5.74) is -0.438. The summed E-state index contributed by atoms with van der Waals surface area (Å²) in [5, 5.41) is 3.01. The SMILES string of the molecule is COc1ccc(S(=O)(=O)N2CCC(NC(=O)C(C)(C)C)CC2)cc1. The normalized spacial score (nSPS) is 17.5. The summed E-state index contributed by atoms with van der Waals surface area (Å²) in [6, 6.07) is 6.43. The van der Waals surface area contributed by atoms with E-state index in [0.717, 1.165) is 0 Å². The molecule has 0 aromatic heterocycles. The van der Waals surface area contributed by atoms with E-state index >= 15 is 0 Å². The Hall–Kier alpha value is -1.60. The minimum atomic E-state index is -3.50. The maximum atomic E-state index is 12.7. The van der Waals surface area contributed by atoms with Gasteiger partial charge in [0, 0.05) is 24.5 Å². The van der Waals surface area contributed by atoms with Gasteiger partial charge < -0.3 is 10.1 Å². The molecular weight excluding hydrogens is 328 g/mol. The molecule has 0 radical (unpaired) electrons. The zero-order valence-corrected chi connectivity index (χ0v) is 15.5. The molecule has 0 atom stereocenters. The molecule has 1 aromatic carbocycles. The number of hydrogen-bond donors (Lipinski definition) is 1. The van der Waals surface area contributed by atoms with E-state index in [1.165, 1.54) is 4.31 Å². The summed E-state index contributed by atoms with van der Waals surface area (Å²) >= 11 is 0. The van der Waals surface area contributed by atoms with Gasteiger partial charge in [0.25, 0.3) is 0 Å². The molecule has 2 rings (SSSR count). The van der Waals surface area contributed by atoms with E-state index in [0.29, 0.717) is 31.7 Å². The van der Waals surface area contributed by atoms with E-state index < -0.39 is 15.4 Å². The zero-order chi connectivity index (χ0) is 18.0. The van der Waals surface area contributed by atoms with Gasteiger partial charge in [0.15, 0.2) is 0 Å². The summed E-state index contributed by atoms with van der Waals surface area (Å²) in [6.45, 7) is 6.41. The molecule has 1 fully saturated rings. The number of piperidine rings is 1. The van der Waals surface area contributed by atoms with Crippen LogP contribution in [0.3, 0.4) is 0 Å². The van der Waals surface area contributed by atoms with Gasteiger partial charge in [-0.15, -0.1) is 0 Å². The van der Waals surface area contributed by atoms with Crippen LogP contribution in [0.2, 0.25) is 0 Å². The Kier molecular flexibility index (Phi) is 5.55. The summed E-state index contributed by atoms with van der Waals surface area (Å²) < 4.78 is 31.9. The minimum Gasteiger partial charge on any atom is -0.497 e. The topological polar surface area (TPSA) is 75.7 Å². The molecule has 0 aliphatic carbocycles. The Labute approximate surface area is 144 Å². The van der Waals surface area contributed by atoms with Gasteiger partial charge in [0.1, 0.15) is 5.75 Å². The van der Waals surface area contributed by atoms with Crippen molar-refractivity contribution in [2.75, 3.05) is 20.2 Å². The Balaban J connectivity index is 1.99. The first kappa shape index (κ1) is 18.7. The maximum Gasteiger partial charge on any atom is 0.243 e. The van der Waals surface area contributed by atoms with E-state index in [9.17, 15) is 13.2 Å². The molecule has 1 saturated heterocycles. The lowest BCUT2D eigenvalue weighted by molar-refractivity contribution is -0.129. The van der Waals surface area contributed by atoms with Crippen molar-refractivity contribution in [3.05, 3.63) is 24.3 Å². The molecule has 0 unspecified atom stereocenters. The van der Waals surface area contributed by atoms with E-state index in [-0.39, 0.29) is 16.8 Å². The van der Waals surface area contributed by atoms with E-state index in [1.807, 2.05) is 20.8 Å². The van der Waals surface area contributed by atoms with Crippen molar-refractivity contribution < 1.29 is 17.9 Å². The van der Waals surface area contributed by atoms with Crippen LogP contribution >= 0.6 is 0 Å². The fourth-order valence-corrected chi connectivity index (χ4v) is 4.01. The van der Waals surface area contributed by atoms with Crippen LogP contribution in [0, 0.1) is 5.41 Å². The number of carbonyl (C=O) groups excluding carboxylic acids is 1. The van der Waals surface area contributed by atoms with Crippen molar-refractivity contribution in [3.8, 4) is 5.75 Å². The van der Waals surface area contributed by atoms with Gasteiger partial charge in [0.2, 0.25) is 15.9 Å². The van der Waals surface area contributed by atoms with Crippen molar-refractivity contribution in [2.24, 2.45) is 5.41 Å². The number of rotatable bonds is 4. The molecule has 0 bridgehead atoms. The molecule has 1 aliphatic heterocycles. The number of methoxy groups -OCH3 is 1. The number of carbonyl (C=O) groups is 1. The van der Waals surface area contributed by atoms with Crippen LogP contribution in [0.1, 0.15) is 33.6 Å². The molecule has 0 spiro atoms. The van der Waals surface area contributed by atoms with Gasteiger partial charge >= 0.3 is 0 Å². The van der Waals surface area contributed by atoms with Gasteiger partial charge in [-0.25, -0.2) is 8.42 Å². The molecule has 1 amide bonds. The Morgan fingerprint density at radius 1 is 1.17 bits per heavy atom. The third-order valence-electron chi connectivity index (χ3n) is 4.17. The lowest BCUT2D eigenvalue weighted by atomic mass is 9.94. The highest BCUT2D eigenvalue weighted by atomic mass is 32.2. The van der Waals surface area contributed by atoms with Gasteiger partial charge in [-0.3, -0.25) is 4.79 Å². The Morgan fingerprint density at radius 2 is 1.71 bits per heavy atom. The van der Waals surface area contributed by atoms with Crippen LogP contribution in [0.4, 0.5) is 0 Å². The van der Waals surface area contributed by atoms with E-state index in [2.05, 4.69) is 5.32 Å². The third-order valence-corrected chi connectivity index (χ3v) is 6.08. The number of hydrogen-bond acceptors (Lipinski definition) is 4. The smallest absolute Gasteiger partial charge is 0.243 e. The molecule has 1 aromatic rings. The van der Waals surface area contributed by atoms with Crippen LogP contribution in [0.5, 0.6) is 5.75 Å². The van der Waals surface area contributed by atoms with Crippen molar-refractivity contribution in [2.45, 2.75) is 44.6 Å². The highest BCUT2D eigenvalue weighted by molar-refractivity contribution is 7.89. The predicted octanol–water partition coefficient (Wildman–Crippen LogP) is 2.01. The summed E-state index contributed by atoms with van der Waals surface area (Å²) in [4.78, 5) is 12.3. The first-order valence-electron chi connectivity index (χ1n) is 8.10. The highest BCUT2D eigenvalue weighted by Crippen LogP contribution is 2.23. The molecule has 6 nitrogen and oxygen atoms in total. The summed E-state index contributed by atoms with van der Waals surface area (Å²) in [6.07, 6.45) is 1.24. The lowest BCUT2D eigenvalue weighted by Gasteiger charge is -2.33. The first-order valence-corrected chi connectivity index (χ1v) is 9.54. The molecule has 1 N–H and O–H groups in total. The number of nitrogens with zero attached hydrogens (tertiary/aromatic N) is 1. The zero-order valence-electron chi connectivity index (χ0n) is 14.7. The average molecular weight is 354 g/mol. The largest absolute Gasteiger partial charge is 0.497 e. The fraction of sp³-hybridized carbons (Fsp3) is 0.588. The monoisotopic (exact) mass is 354 g/mol. The third kappa shape index (κ3) is 4.27. The summed E-state index contributed by atoms with van der Waals surface area (Å²) in [7, 11) is -1.96. The number of benzene rings is 1. The fourth-order valence-electron chi connectivity index (χ4n) is 2.54. The number of sulfonamides is 1. The molecule has 1 aliphatic rings.